The van der Waals surface area contributed by atoms with Crippen molar-refractivity contribution < 1.29 is 14.3 Å². The van der Waals surface area contributed by atoms with Crippen molar-refractivity contribution in [2.75, 3.05) is 20.2 Å². The molecule has 5 heteroatoms. The van der Waals surface area contributed by atoms with Gasteiger partial charge < -0.3 is 9.64 Å². The average molecular weight is 447 g/mol. The maximum absolute atomic E-state index is 13.0. The number of amides is 1. The van der Waals surface area contributed by atoms with E-state index in [9.17, 15) is 9.59 Å². The molecular formula is C27H46N2O3. The van der Waals surface area contributed by atoms with Crippen LogP contribution < -0.4 is 4.74 Å². The average Bonchev–Trinajstić information content (AvgIpc) is 2.82. The topological polar surface area (TPSA) is 59.5 Å². The van der Waals surface area contributed by atoms with E-state index in [0.717, 1.165) is 12.8 Å². The molecule has 32 heavy (non-hydrogen) atoms. The van der Waals surface area contributed by atoms with E-state index >= 15 is 0 Å². The van der Waals surface area contributed by atoms with Crippen molar-refractivity contribution in [2.45, 2.75) is 111 Å². The molecule has 0 aliphatic carbocycles. The van der Waals surface area contributed by atoms with Crippen LogP contribution in [-0.2, 0) is 0 Å². The molecule has 0 fully saturated rings. The molecule has 0 saturated carbocycles. The van der Waals surface area contributed by atoms with Crippen LogP contribution in [0.3, 0.4) is 0 Å². The van der Waals surface area contributed by atoms with Gasteiger partial charge in [0.05, 0.1) is 7.11 Å². The van der Waals surface area contributed by atoms with Crippen LogP contribution in [0.2, 0.25) is 0 Å². The van der Waals surface area contributed by atoms with Gasteiger partial charge in [0.1, 0.15) is 5.56 Å². The second-order valence-electron chi connectivity index (χ2n) is 8.64. The molecule has 0 unspecified atom stereocenters. The zero-order valence-corrected chi connectivity index (χ0v) is 21.1. The predicted octanol–water partition coefficient (Wildman–Crippen LogP) is 7.24. The predicted molar refractivity (Wildman–Crippen MR) is 133 cm³/mol. The third-order valence-electron chi connectivity index (χ3n) is 6.18. The van der Waals surface area contributed by atoms with Crippen LogP contribution in [0.1, 0.15) is 131 Å². The number of aromatic nitrogens is 1. The monoisotopic (exact) mass is 446 g/mol. The molecule has 1 amide bonds. The molecule has 1 heterocycles. The van der Waals surface area contributed by atoms with Gasteiger partial charge in [0.2, 0.25) is 5.88 Å². The van der Waals surface area contributed by atoms with E-state index in [2.05, 4.69) is 11.9 Å². The minimum absolute atomic E-state index is 0.00396. The standard InChI is InChI=1S/C27H46N2O3/c1-5-8-9-10-11-12-13-14-15-16-17-18-19-20-24(30)23-21-22-28-26(32-4)25(23)27(31)29(6-2)7-3/h21-22H,5-20H2,1-4H3. The summed E-state index contributed by atoms with van der Waals surface area (Å²) in [5, 5.41) is 0. The highest BCUT2D eigenvalue weighted by Crippen LogP contribution is 2.24. The fourth-order valence-electron chi connectivity index (χ4n) is 4.14. The van der Waals surface area contributed by atoms with Crippen LogP contribution in [0.4, 0.5) is 0 Å². The highest BCUT2D eigenvalue weighted by molar-refractivity contribution is 6.09. The lowest BCUT2D eigenvalue weighted by atomic mass is 9.99. The number of rotatable bonds is 19. The maximum atomic E-state index is 13.0. The summed E-state index contributed by atoms with van der Waals surface area (Å²) in [5.74, 6) is 0.0519. The second-order valence-corrected chi connectivity index (χ2v) is 8.64. The van der Waals surface area contributed by atoms with Crippen molar-refractivity contribution >= 4 is 11.7 Å². The highest BCUT2D eigenvalue weighted by atomic mass is 16.5. The number of hydrogen-bond acceptors (Lipinski definition) is 4. The number of nitrogens with zero attached hydrogens (tertiary/aromatic N) is 2. The number of Topliss-reactive ketones (excluding diaryl/α,β-unsaturated/α-hetero) is 1. The second kappa shape index (κ2) is 17.6. The van der Waals surface area contributed by atoms with Gasteiger partial charge in [-0.3, -0.25) is 9.59 Å². The number of hydrogen-bond donors (Lipinski definition) is 0. The summed E-state index contributed by atoms with van der Waals surface area (Å²) in [6.07, 6.45) is 18.6. The summed E-state index contributed by atoms with van der Waals surface area (Å²) in [5.41, 5.74) is 0.742. The number of ketones is 1. The summed E-state index contributed by atoms with van der Waals surface area (Å²) in [6, 6.07) is 1.66. The molecule has 0 saturated heterocycles. The Hall–Kier alpha value is -1.91. The van der Waals surface area contributed by atoms with Crippen molar-refractivity contribution in [1.82, 2.24) is 9.88 Å². The van der Waals surface area contributed by atoms with Gasteiger partial charge in [-0.1, -0.05) is 84.0 Å². The Bertz CT molecular complexity index is 656. The number of unbranched alkanes of at least 4 members (excludes halogenated alkanes) is 12. The molecule has 0 aliphatic rings. The van der Waals surface area contributed by atoms with Crippen LogP contribution >= 0.6 is 0 Å². The first-order chi connectivity index (χ1) is 15.6. The van der Waals surface area contributed by atoms with Gasteiger partial charge in [-0.15, -0.1) is 0 Å². The molecule has 0 bridgehead atoms. The lowest BCUT2D eigenvalue weighted by Gasteiger charge is -2.21. The van der Waals surface area contributed by atoms with Gasteiger partial charge in [-0.25, -0.2) is 4.98 Å². The first-order valence-corrected chi connectivity index (χ1v) is 13.0. The van der Waals surface area contributed by atoms with Crippen molar-refractivity contribution in [1.29, 1.82) is 0 Å². The van der Waals surface area contributed by atoms with E-state index in [1.807, 2.05) is 13.8 Å². The molecule has 1 aromatic rings. The van der Waals surface area contributed by atoms with Crippen molar-refractivity contribution in [3.8, 4) is 5.88 Å². The van der Waals surface area contributed by atoms with Crippen LogP contribution in [0.25, 0.3) is 0 Å². The number of ether oxygens (including phenoxy) is 1. The molecule has 0 aromatic carbocycles. The Balaban J connectivity index is 2.36. The van der Waals surface area contributed by atoms with Crippen LogP contribution in [0.5, 0.6) is 5.88 Å². The molecule has 1 aromatic heterocycles. The Kier molecular flexibility index (Phi) is 15.5. The van der Waals surface area contributed by atoms with Gasteiger partial charge in [-0.2, -0.15) is 0 Å². The molecular weight excluding hydrogens is 400 g/mol. The Morgan fingerprint density at radius 1 is 0.812 bits per heavy atom. The summed E-state index contributed by atoms with van der Waals surface area (Å²) >= 11 is 0. The zero-order valence-electron chi connectivity index (χ0n) is 21.1. The van der Waals surface area contributed by atoms with Crippen molar-refractivity contribution in [3.63, 3.8) is 0 Å². The van der Waals surface area contributed by atoms with Gasteiger partial charge in [0.15, 0.2) is 5.78 Å². The fraction of sp³-hybridized carbons (Fsp3) is 0.741. The summed E-state index contributed by atoms with van der Waals surface area (Å²) in [6.45, 7) is 7.29. The minimum Gasteiger partial charge on any atom is -0.480 e. The summed E-state index contributed by atoms with van der Waals surface area (Å²) < 4.78 is 5.31. The van der Waals surface area contributed by atoms with Crippen LogP contribution in [0, 0.1) is 0 Å². The number of carbonyl (C=O) groups excluding carboxylic acids is 2. The third-order valence-corrected chi connectivity index (χ3v) is 6.18. The summed E-state index contributed by atoms with van der Waals surface area (Å²) in [7, 11) is 1.49. The van der Waals surface area contributed by atoms with Gasteiger partial charge in [0, 0.05) is 31.3 Å². The SMILES string of the molecule is CCCCCCCCCCCCCCCC(=O)c1ccnc(OC)c1C(=O)N(CC)CC. The zero-order chi connectivity index (χ0) is 23.6. The molecule has 0 radical (unpaired) electrons. The first-order valence-electron chi connectivity index (χ1n) is 13.0. The molecule has 0 spiro atoms. The molecule has 0 atom stereocenters. The number of methoxy groups -OCH3 is 1. The minimum atomic E-state index is -0.186. The fourth-order valence-corrected chi connectivity index (χ4v) is 4.14. The number of carbonyl (C=O) groups is 2. The van der Waals surface area contributed by atoms with E-state index in [1.165, 1.54) is 77.7 Å². The Morgan fingerprint density at radius 2 is 1.31 bits per heavy atom. The van der Waals surface area contributed by atoms with Crippen molar-refractivity contribution in [3.05, 3.63) is 23.4 Å². The molecule has 5 nitrogen and oxygen atoms in total. The van der Waals surface area contributed by atoms with E-state index in [0.29, 0.717) is 30.6 Å². The molecule has 1 rings (SSSR count). The maximum Gasteiger partial charge on any atom is 0.260 e. The lowest BCUT2D eigenvalue weighted by Crippen LogP contribution is -2.32. The Labute approximate surface area is 196 Å². The summed E-state index contributed by atoms with van der Waals surface area (Å²) in [4.78, 5) is 31.7. The Morgan fingerprint density at radius 3 is 1.78 bits per heavy atom. The van der Waals surface area contributed by atoms with E-state index in [1.54, 1.807) is 17.2 Å². The van der Waals surface area contributed by atoms with Gasteiger partial charge in [0.25, 0.3) is 5.91 Å². The van der Waals surface area contributed by atoms with Gasteiger partial charge in [-0.05, 0) is 26.3 Å². The smallest absolute Gasteiger partial charge is 0.260 e. The molecule has 0 N–H and O–H groups in total. The van der Waals surface area contributed by atoms with E-state index in [-0.39, 0.29) is 17.6 Å². The largest absolute Gasteiger partial charge is 0.480 e. The van der Waals surface area contributed by atoms with Gasteiger partial charge >= 0.3 is 0 Å². The van der Waals surface area contributed by atoms with E-state index < -0.39 is 0 Å². The van der Waals surface area contributed by atoms with Crippen molar-refractivity contribution in [2.24, 2.45) is 0 Å². The normalized spacial score (nSPS) is 10.9. The lowest BCUT2D eigenvalue weighted by molar-refractivity contribution is 0.0762. The third kappa shape index (κ3) is 10.1. The van der Waals surface area contributed by atoms with E-state index in [4.69, 9.17) is 4.74 Å². The first kappa shape index (κ1) is 28.1. The van der Waals surface area contributed by atoms with Crippen LogP contribution in [0.15, 0.2) is 12.3 Å². The molecule has 182 valence electrons. The molecule has 0 aliphatic heterocycles. The van der Waals surface area contributed by atoms with Crippen LogP contribution in [-0.4, -0.2) is 41.8 Å². The highest BCUT2D eigenvalue weighted by Gasteiger charge is 2.25. The number of pyridine rings is 1. The quantitative estimate of drug-likeness (QED) is 0.166.